The zero-order chi connectivity index (χ0) is 10.3. The number of fused-ring (bicyclic) bond motifs is 1. The highest BCUT2D eigenvalue weighted by molar-refractivity contribution is 5.78. The highest BCUT2D eigenvalue weighted by Crippen LogP contribution is 2.25. The molecule has 0 aliphatic carbocycles. The van der Waals surface area contributed by atoms with E-state index in [-0.39, 0.29) is 5.58 Å². The standard InChI is InChI=1S/C10H8F2O2/c1-5(13)9-3-6-2-7(11)8(12)4-10(6)14-9/h2-5,13H,1H3. The van der Waals surface area contributed by atoms with E-state index in [0.717, 1.165) is 12.1 Å². The molecule has 1 N–H and O–H groups in total. The van der Waals surface area contributed by atoms with Crippen LogP contribution in [0, 0.1) is 11.6 Å². The highest BCUT2D eigenvalue weighted by atomic mass is 19.2. The first kappa shape index (κ1) is 9.15. The van der Waals surface area contributed by atoms with E-state index < -0.39 is 17.7 Å². The van der Waals surface area contributed by atoms with E-state index in [4.69, 9.17) is 4.42 Å². The van der Waals surface area contributed by atoms with Gasteiger partial charge < -0.3 is 9.52 Å². The SMILES string of the molecule is CC(O)c1cc2cc(F)c(F)cc2o1. The molecule has 2 rings (SSSR count). The summed E-state index contributed by atoms with van der Waals surface area (Å²) in [5, 5.41) is 9.63. The Labute approximate surface area is 78.8 Å². The predicted molar refractivity (Wildman–Crippen MR) is 46.8 cm³/mol. The lowest BCUT2D eigenvalue weighted by Gasteiger charge is -1.95. The summed E-state index contributed by atoms with van der Waals surface area (Å²) >= 11 is 0. The van der Waals surface area contributed by atoms with Crippen LogP contribution in [0.2, 0.25) is 0 Å². The highest BCUT2D eigenvalue weighted by Gasteiger charge is 2.11. The Hall–Kier alpha value is -1.42. The molecule has 1 atom stereocenters. The lowest BCUT2D eigenvalue weighted by molar-refractivity contribution is 0.172. The van der Waals surface area contributed by atoms with Gasteiger partial charge in [-0.15, -0.1) is 0 Å². The van der Waals surface area contributed by atoms with Gasteiger partial charge in [-0.05, 0) is 19.1 Å². The lowest BCUT2D eigenvalue weighted by atomic mass is 10.2. The van der Waals surface area contributed by atoms with Gasteiger partial charge in [0.15, 0.2) is 11.6 Å². The van der Waals surface area contributed by atoms with E-state index in [1.165, 1.54) is 13.0 Å². The average Bonchev–Trinajstić information content (AvgIpc) is 2.48. The van der Waals surface area contributed by atoms with Crippen molar-refractivity contribution in [2.45, 2.75) is 13.0 Å². The summed E-state index contributed by atoms with van der Waals surface area (Å²) < 4.78 is 30.6. The van der Waals surface area contributed by atoms with Crippen molar-refractivity contribution in [1.82, 2.24) is 0 Å². The zero-order valence-corrected chi connectivity index (χ0v) is 7.42. The van der Waals surface area contributed by atoms with Gasteiger partial charge in [-0.1, -0.05) is 0 Å². The summed E-state index contributed by atoms with van der Waals surface area (Å²) in [5.74, 6) is -1.58. The second-order valence-electron chi connectivity index (χ2n) is 3.13. The molecule has 2 nitrogen and oxygen atoms in total. The van der Waals surface area contributed by atoms with Crippen LogP contribution in [0.15, 0.2) is 22.6 Å². The fourth-order valence-electron chi connectivity index (χ4n) is 1.26. The maximum atomic E-state index is 12.8. The number of furan rings is 1. The summed E-state index contributed by atoms with van der Waals surface area (Å²) in [6.07, 6.45) is -0.784. The Balaban J connectivity index is 2.66. The maximum Gasteiger partial charge on any atom is 0.162 e. The van der Waals surface area contributed by atoms with Crippen molar-refractivity contribution >= 4 is 11.0 Å². The van der Waals surface area contributed by atoms with Gasteiger partial charge in [-0.2, -0.15) is 0 Å². The second kappa shape index (κ2) is 3.06. The number of hydrogen-bond acceptors (Lipinski definition) is 2. The van der Waals surface area contributed by atoms with Crippen LogP contribution in [0.4, 0.5) is 8.78 Å². The van der Waals surface area contributed by atoms with Crippen LogP contribution < -0.4 is 0 Å². The molecule has 1 aromatic heterocycles. The molecular weight excluding hydrogens is 190 g/mol. The van der Waals surface area contributed by atoms with Crippen molar-refractivity contribution in [2.24, 2.45) is 0 Å². The molecule has 1 heterocycles. The summed E-state index contributed by atoms with van der Waals surface area (Å²) in [6, 6.07) is 3.50. The molecule has 0 aliphatic rings. The molecule has 74 valence electrons. The molecule has 0 radical (unpaired) electrons. The molecule has 0 saturated carbocycles. The number of hydrogen-bond donors (Lipinski definition) is 1. The van der Waals surface area contributed by atoms with E-state index in [1.807, 2.05) is 0 Å². The molecule has 0 fully saturated rings. The van der Waals surface area contributed by atoms with E-state index in [0.29, 0.717) is 11.1 Å². The van der Waals surface area contributed by atoms with Crippen molar-refractivity contribution in [3.8, 4) is 0 Å². The first-order valence-electron chi connectivity index (χ1n) is 4.14. The van der Waals surface area contributed by atoms with Crippen molar-refractivity contribution in [1.29, 1.82) is 0 Å². The summed E-state index contributed by atoms with van der Waals surface area (Å²) in [7, 11) is 0. The van der Waals surface area contributed by atoms with E-state index in [9.17, 15) is 13.9 Å². The molecule has 4 heteroatoms. The minimum Gasteiger partial charge on any atom is -0.458 e. The van der Waals surface area contributed by atoms with Gasteiger partial charge in [0.2, 0.25) is 0 Å². The van der Waals surface area contributed by atoms with Crippen LogP contribution in [0.5, 0.6) is 0 Å². The monoisotopic (exact) mass is 198 g/mol. The molecular formula is C10H8F2O2. The third-order valence-corrected chi connectivity index (χ3v) is 1.99. The van der Waals surface area contributed by atoms with Gasteiger partial charge in [0.25, 0.3) is 0 Å². The van der Waals surface area contributed by atoms with Crippen LogP contribution in [0.1, 0.15) is 18.8 Å². The predicted octanol–water partition coefficient (Wildman–Crippen LogP) is 2.76. The molecule has 0 amide bonds. The number of benzene rings is 1. The number of aliphatic hydroxyl groups excluding tert-OH is 1. The average molecular weight is 198 g/mol. The first-order valence-corrected chi connectivity index (χ1v) is 4.14. The largest absolute Gasteiger partial charge is 0.458 e. The van der Waals surface area contributed by atoms with Crippen molar-refractivity contribution in [3.05, 3.63) is 35.6 Å². The third-order valence-electron chi connectivity index (χ3n) is 1.99. The molecule has 0 spiro atoms. The molecule has 0 aliphatic heterocycles. The summed E-state index contributed by atoms with van der Waals surface area (Å²) in [5.41, 5.74) is 0.236. The summed E-state index contributed by atoms with van der Waals surface area (Å²) in [6.45, 7) is 1.52. The minimum atomic E-state index is -0.955. The third kappa shape index (κ3) is 1.37. The topological polar surface area (TPSA) is 33.4 Å². The number of aliphatic hydroxyl groups is 1. The quantitative estimate of drug-likeness (QED) is 0.764. The number of rotatable bonds is 1. The smallest absolute Gasteiger partial charge is 0.162 e. The van der Waals surface area contributed by atoms with Crippen LogP contribution in [0.3, 0.4) is 0 Å². The van der Waals surface area contributed by atoms with Gasteiger partial charge in [0.05, 0.1) is 0 Å². The molecule has 14 heavy (non-hydrogen) atoms. The van der Waals surface area contributed by atoms with Crippen LogP contribution in [-0.4, -0.2) is 5.11 Å². The second-order valence-corrected chi connectivity index (χ2v) is 3.13. The van der Waals surface area contributed by atoms with E-state index >= 15 is 0 Å². The van der Waals surface area contributed by atoms with Gasteiger partial charge >= 0.3 is 0 Å². The van der Waals surface area contributed by atoms with E-state index in [2.05, 4.69) is 0 Å². The molecule has 0 saturated heterocycles. The lowest BCUT2D eigenvalue weighted by Crippen LogP contribution is -1.85. The maximum absolute atomic E-state index is 12.8. The molecule has 2 aromatic rings. The van der Waals surface area contributed by atoms with E-state index in [1.54, 1.807) is 0 Å². The van der Waals surface area contributed by atoms with Crippen molar-refractivity contribution in [3.63, 3.8) is 0 Å². The van der Waals surface area contributed by atoms with Gasteiger partial charge in [-0.25, -0.2) is 8.78 Å². The van der Waals surface area contributed by atoms with Gasteiger partial charge in [0.1, 0.15) is 17.4 Å². The van der Waals surface area contributed by atoms with Crippen LogP contribution >= 0.6 is 0 Å². The Morgan fingerprint density at radius 1 is 1.21 bits per heavy atom. The Kier molecular flexibility index (Phi) is 2.00. The minimum absolute atomic E-state index is 0.236. The summed E-state index contributed by atoms with van der Waals surface area (Å²) in [4.78, 5) is 0. The Morgan fingerprint density at radius 3 is 2.50 bits per heavy atom. The fourth-order valence-corrected chi connectivity index (χ4v) is 1.26. The van der Waals surface area contributed by atoms with Gasteiger partial charge in [-0.3, -0.25) is 0 Å². The van der Waals surface area contributed by atoms with Gasteiger partial charge in [0, 0.05) is 11.5 Å². The molecule has 1 unspecified atom stereocenters. The Bertz CT molecular complexity index is 435. The molecule has 1 aromatic carbocycles. The van der Waals surface area contributed by atoms with Crippen molar-refractivity contribution < 1.29 is 18.3 Å². The normalized spacial score (nSPS) is 13.4. The first-order chi connectivity index (χ1) is 6.58. The van der Waals surface area contributed by atoms with Crippen LogP contribution in [-0.2, 0) is 0 Å². The Morgan fingerprint density at radius 2 is 1.86 bits per heavy atom. The van der Waals surface area contributed by atoms with Crippen molar-refractivity contribution in [2.75, 3.05) is 0 Å². The fraction of sp³-hybridized carbons (Fsp3) is 0.200. The number of halogens is 2. The molecule has 0 bridgehead atoms. The van der Waals surface area contributed by atoms with Crippen LogP contribution in [0.25, 0.3) is 11.0 Å². The zero-order valence-electron chi connectivity index (χ0n) is 7.42.